The third kappa shape index (κ3) is 2.39. The average molecular weight is 237 g/mol. The first kappa shape index (κ1) is 12.0. The van der Waals surface area contributed by atoms with Crippen LogP contribution in [-0.2, 0) is 4.74 Å². The summed E-state index contributed by atoms with van der Waals surface area (Å²) < 4.78 is 6.04. The molecule has 0 radical (unpaired) electrons. The monoisotopic (exact) mass is 237 g/mol. The number of nitrogens with one attached hydrogen (secondary N) is 1. The lowest BCUT2D eigenvalue weighted by Crippen LogP contribution is -2.50. The first-order chi connectivity index (χ1) is 8.31. The van der Waals surface area contributed by atoms with Crippen molar-refractivity contribution in [1.82, 2.24) is 5.32 Å². The summed E-state index contributed by atoms with van der Waals surface area (Å²) in [4.78, 5) is 0. The summed E-state index contributed by atoms with van der Waals surface area (Å²) in [6.07, 6.45) is 12.5. The Hall–Kier alpha value is -0.0800. The Morgan fingerprint density at radius 1 is 1.24 bits per heavy atom. The molecule has 0 aromatic rings. The van der Waals surface area contributed by atoms with Crippen molar-refractivity contribution in [3.05, 3.63) is 0 Å². The van der Waals surface area contributed by atoms with Crippen LogP contribution in [0.2, 0.25) is 0 Å². The Bertz CT molecular complexity index is 258. The molecule has 1 aliphatic heterocycles. The van der Waals surface area contributed by atoms with Crippen LogP contribution < -0.4 is 5.32 Å². The molecule has 0 bridgehead atoms. The predicted molar refractivity (Wildman–Crippen MR) is 70.1 cm³/mol. The zero-order chi connectivity index (χ0) is 11.7. The van der Waals surface area contributed by atoms with E-state index in [1.807, 2.05) is 0 Å². The van der Waals surface area contributed by atoms with Gasteiger partial charge in [0.25, 0.3) is 0 Å². The molecule has 3 fully saturated rings. The van der Waals surface area contributed by atoms with E-state index in [0.29, 0.717) is 5.60 Å². The molecule has 17 heavy (non-hydrogen) atoms. The molecule has 98 valence electrons. The van der Waals surface area contributed by atoms with Crippen molar-refractivity contribution in [3.8, 4) is 0 Å². The van der Waals surface area contributed by atoms with Crippen LogP contribution in [-0.4, -0.2) is 25.3 Å². The maximum Gasteiger partial charge on any atom is 0.0685 e. The molecule has 1 saturated heterocycles. The van der Waals surface area contributed by atoms with Crippen LogP contribution in [0.5, 0.6) is 0 Å². The fourth-order valence-electron chi connectivity index (χ4n) is 3.96. The van der Waals surface area contributed by atoms with E-state index in [1.54, 1.807) is 0 Å². The van der Waals surface area contributed by atoms with Gasteiger partial charge in [0.2, 0.25) is 0 Å². The minimum atomic E-state index is 0.317. The minimum Gasteiger partial charge on any atom is -0.375 e. The highest BCUT2D eigenvalue weighted by Crippen LogP contribution is 2.46. The van der Waals surface area contributed by atoms with E-state index >= 15 is 0 Å². The lowest BCUT2D eigenvalue weighted by Gasteiger charge is -2.49. The Balaban J connectivity index is 1.56. The lowest BCUT2D eigenvalue weighted by molar-refractivity contribution is -0.147. The summed E-state index contributed by atoms with van der Waals surface area (Å²) in [5, 5.41) is 3.60. The molecular weight excluding hydrogens is 210 g/mol. The lowest BCUT2D eigenvalue weighted by atomic mass is 9.68. The molecular formula is C15H27NO. The second-order valence-corrected chi connectivity index (χ2v) is 6.57. The molecule has 2 heteroatoms. The normalized spacial score (nSPS) is 34.1. The van der Waals surface area contributed by atoms with E-state index in [2.05, 4.69) is 12.4 Å². The molecule has 2 unspecified atom stereocenters. The highest BCUT2D eigenvalue weighted by molar-refractivity contribution is 4.97. The summed E-state index contributed by atoms with van der Waals surface area (Å²) in [5.41, 5.74) is 0.317. The van der Waals surface area contributed by atoms with Gasteiger partial charge in [-0.3, -0.25) is 0 Å². The van der Waals surface area contributed by atoms with Gasteiger partial charge in [-0.25, -0.2) is 0 Å². The van der Waals surface area contributed by atoms with Crippen molar-refractivity contribution >= 4 is 0 Å². The first-order valence-corrected chi connectivity index (χ1v) is 7.62. The third-order valence-electron chi connectivity index (χ3n) is 5.55. The first-order valence-electron chi connectivity index (χ1n) is 7.62. The zero-order valence-electron chi connectivity index (χ0n) is 11.2. The smallest absolute Gasteiger partial charge is 0.0685 e. The van der Waals surface area contributed by atoms with E-state index in [0.717, 1.165) is 24.5 Å². The highest BCUT2D eigenvalue weighted by atomic mass is 16.5. The van der Waals surface area contributed by atoms with Crippen molar-refractivity contribution in [3.63, 3.8) is 0 Å². The van der Waals surface area contributed by atoms with Gasteiger partial charge >= 0.3 is 0 Å². The number of ether oxygens (including phenoxy) is 1. The van der Waals surface area contributed by atoms with Crippen LogP contribution in [0, 0.1) is 11.8 Å². The third-order valence-corrected chi connectivity index (χ3v) is 5.55. The van der Waals surface area contributed by atoms with Crippen LogP contribution in [0.3, 0.4) is 0 Å². The molecule has 2 aliphatic carbocycles. The molecule has 0 aromatic carbocycles. The molecule has 2 atom stereocenters. The zero-order valence-corrected chi connectivity index (χ0v) is 11.2. The largest absolute Gasteiger partial charge is 0.375 e. The van der Waals surface area contributed by atoms with E-state index in [4.69, 9.17) is 4.74 Å². The molecule has 3 rings (SSSR count). The molecule has 2 saturated carbocycles. The molecule has 1 spiro atoms. The van der Waals surface area contributed by atoms with Crippen molar-refractivity contribution in [2.24, 2.45) is 11.8 Å². The number of rotatable bonds is 4. The van der Waals surface area contributed by atoms with Gasteiger partial charge in [-0.15, -0.1) is 0 Å². The molecule has 0 amide bonds. The van der Waals surface area contributed by atoms with Crippen LogP contribution >= 0.6 is 0 Å². The van der Waals surface area contributed by atoms with Crippen molar-refractivity contribution in [2.45, 2.75) is 69.4 Å². The predicted octanol–water partition coefficient (Wildman–Crippen LogP) is 3.11. The van der Waals surface area contributed by atoms with Crippen molar-refractivity contribution in [2.75, 3.05) is 13.7 Å². The van der Waals surface area contributed by atoms with Crippen molar-refractivity contribution in [1.29, 1.82) is 0 Å². The maximum absolute atomic E-state index is 6.04. The van der Waals surface area contributed by atoms with Gasteiger partial charge in [-0.05, 0) is 57.4 Å². The highest BCUT2D eigenvalue weighted by Gasteiger charge is 2.44. The Morgan fingerprint density at radius 3 is 2.59 bits per heavy atom. The second-order valence-electron chi connectivity index (χ2n) is 6.57. The van der Waals surface area contributed by atoms with Gasteiger partial charge < -0.3 is 10.1 Å². The van der Waals surface area contributed by atoms with Crippen LogP contribution in [0.1, 0.15) is 57.8 Å². The van der Waals surface area contributed by atoms with Crippen LogP contribution in [0.4, 0.5) is 0 Å². The van der Waals surface area contributed by atoms with E-state index < -0.39 is 0 Å². The summed E-state index contributed by atoms with van der Waals surface area (Å²) in [5.74, 6) is 1.89. The van der Waals surface area contributed by atoms with Crippen molar-refractivity contribution < 1.29 is 4.74 Å². The minimum absolute atomic E-state index is 0.317. The molecule has 1 heterocycles. The standard InChI is InChI=1S/C15H27NO/c1-16-14(10-12-4-2-5-12)13-6-9-17-15(11-13)7-3-8-15/h12-14,16H,2-11H2,1H3. The van der Waals surface area contributed by atoms with Gasteiger partial charge in [-0.1, -0.05) is 19.3 Å². The topological polar surface area (TPSA) is 21.3 Å². The second kappa shape index (κ2) is 4.89. The Kier molecular flexibility index (Phi) is 3.45. The molecule has 3 aliphatic rings. The molecule has 1 N–H and O–H groups in total. The summed E-state index contributed by atoms with van der Waals surface area (Å²) in [6.45, 7) is 1.01. The Morgan fingerprint density at radius 2 is 2.06 bits per heavy atom. The summed E-state index contributed by atoms with van der Waals surface area (Å²) in [6, 6.07) is 0.752. The fourth-order valence-corrected chi connectivity index (χ4v) is 3.96. The van der Waals surface area contributed by atoms with E-state index in [1.165, 1.54) is 57.8 Å². The fraction of sp³-hybridized carbons (Fsp3) is 1.00. The summed E-state index contributed by atoms with van der Waals surface area (Å²) >= 11 is 0. The molecule has 2 nitrogen and oxygen atoms in total. The number of hydrogen-bond acceptors (Lipinski definition) is 2. The summed E-state index contributed by atoms with van der Waals surface area (Å²) in [7, 11) is 2.16. The van der Waals surface area contributed by atoms with Gasteiger partial charge in [0.1, 0.15) is 0 Å². The quantitative estimate of drug-likeness (QED) is 0.811. The van der Waals surface area contributed by atoms with Crippen LogP contribution in [0.25, 0.3) is 0 Å². The molecule has 0 aromatic heterocycles. The van der Waals surface area contributed by atoms with E-state index in [9.17, 15) is 0 Å². The van der Waals surface area contributed by atoms with Gasteiger partial charge in [0.05, 0.1) is 5.60 Å². The van der Waals surface area contributed by atoms with Gasteiger partial charge in [0, 0.05) is 12.6 Å². The van der Waals surface area contributed by atoms with Gasteiger partial charge in [0.15, 0.2) is 0 Å². The van der Waals surface area contributed by atoms with Crippen LogP contribution in [0.15, 0.2) is 0 Å². The average Bonchev–Trinajstić information content (AvgIpc) is 2.26. The van der Waals surface area contributed by atoms with Gasteiger partial charge in [-0.2, -0.15) is 0 Å². The Labute approximate surface area is 105 Å². The maximum atomic E-state index is 6.04. The van der Waals surface area contributed by atoms with E-state index in [-0.39, 0.29) is 0 Å². The number of hydrogen-bond donors (Lipinski definition) is 1. The SMILES string of the molecule is CNC(CC1CCC1)C1CCOC2(CCC2)C1.